The molecule has 2 aromatic rings. The summed E-state index contributed by atoms with van der Waals surface area (Å²) in [6.45, 7) is 2.79. The average molecular weight is 243 g/mol. The molecule has 0 saturated carbocycles. The van der Waals surface area contributed by atoms with E-state index >= 15 is 0 Å². The maximum Gasteiger partial charge on any atom is 0.150 e. The van der Waals surface area contributed by atoms with Crippen LogP contribution in [0, 0.1) is 5.82 Å². The summed E-state index contributed by atoms with van der Waals surface area (Å²) in [4.78, 5) is 12.7. The van der Waals surface area contributed by atoms with Crippen molar-refractivity contribution < 1.29 is 9.18 Å². The molecule has 0 aliphatic rings. The normalized spacial score (nSPS) is 10.1. The minimum Gasteiger partial charge on any atom is -0.342 e. The van der Waals surface area contributed by atoms with Gasteiger partial charge in [-0.05, 0) is 55.5 Å². The van der Waals surface area contributed by atoms with E-state index in [1.807, 2.05) is 24.0 Å². The van der Waals surface area contributed by atoms with Crippen molar-refractivity contribution in [2.75, 3.05) is 11.4 Å². The van der Waals surface area contributed by atoms with Crippen LogP contribution in [0.15, 0.2) is 48.5 Å². The number of rotatable bonds is 4. The Morgan fingerprint density at radius 2 is 1.50 bits per heavy atom. The third-order valence-electron chi connectivity index (χ3n) is 2.80. The predicted molar refractivity (Wildman–Crippen MR) is 70.9 cm³/mol. The number of hydrogen-bond acceptors (Lipinski definition) is 2. The van der Waals surface area contributed by atoms with Crippen LogP contribution in [-0.4, -0.2) is 12.8 Å². The number of aldehydes is 1. The van der Waals surface area contributed by atoms with Gasteiger partial charge >= 0.3 is 0 Å². The molecular formula is C15H14FNO. The second-order valence-electron chi connectivity index (χ2n) is 3.93. The Morgan fingerprint density at radius 3 is 1.94 bits per heavy atom. The Hall–Kier alpha value is -2.16. The van der Waals surface area contributed by atoms with Gasteiger partial charge in [0.05, 0.1) is 0 Å². The molecule has 0 saturated heterocycles. The van der Waals surface area contributed by atoms with Crippen LogP contribution in [0.4, 0.5) is 15.8 Å². The van der Waals surface area contributed by atoms with Gasteiger partial charge in [-0.3, -0.25) is 4.79 Å². The van der Waals surface area contributed by atoms with Crippen LogP contribution in [0.2, 0.25) is 0 Å². The number of carbonyl (C=O) groups is 1. The van der Waals surface area contributed by atoms with Gasteiger partial charge < -0.3 is 4.90 Å². The Kier molecular flexibility index (Phi) is 3.72. The second-order valence-corrected chi connectivity index (χ2v) is 3.93. The quantitative estimate of drug-likeness (QED) is 0.761. The van der Waals surface area contributed by atoms with E-state index in [9.17, 15) is 9.18 Å². The summed E-state index contributed by atoms with van der Waals surface area (Å²) >= 11 is 0. The fourth-order valence-electron chi connectivity index (χ4n) is 1.87. The molecule has 0 radical (unpaired) electrons. The van der Waals surface area contributed by atoms with E-state index in [4.69, 9.17) is 0 Å². The van der Waals surface area contributed by atoms with Gasteiger partial charge in [-0.1, -0.05) is 0 Å². The molecule has 0 aliphatic carbocycles. The third kappa shape index (κ3) is 2.56. The van der Waals surface area contributed by atoms with E-state index in [1.54, 1.807) is 24.3 Å². The molecule has 2 rings (SSSR count). The van der Waals surface area contributed by atoms with Gasteiger partial charge in [0.1, 0.15) is 12.1 Å². The summed E-state index contributed by atoms with van der Waals surface area (Å²) in [6.07, 6.45) is 0.817. The molecular weight excluding hydrogens is 229 g/mol. The van der Waals surface area contributed by atoms with Crippen LogP contribution < -0.4 is 4.90 Å². The van der Waals surface area contributed by atoms with Crippen LogP contribution in [0.5, 0.6) is 0 Å². The van der Waals surface area contributed by atoms with Crippen LogP contribution in [-0.2, 0) is 0 Å². The largest absolute Gasteiger partial charge is 0.342 e. The highest BCUT2D eigenvalue weighted by molar-refractivity contribution is 5.76. The zero-order valence-corrected chi connectivity index (χ0v) is 10.1. The van der Waals surface area contributed by atoms with Crippen molar-refractivity contribution in [1.29, 1.82) is 0 Å². The molecule has 0 heterocycles. The van der Waals surface area contributed by atoms with E-state index in [-0.39, 0.29) is 5.82 Å². The smallest absolute Gasteiger partial charge is 0.150 e. The Labute approximate surface area is 106 Å². The molecule has 18 heavy (non-hydrogen) atoms. The molecule has 0 amide bonds. The first-order valence-electron chi connectivity index (χ1n) is 5.83. The summed E-state index contributed by atoms with van der Waals surface area (Å²) < 4.78 is 12.9. The van der Waals surface area contributed by atoms with Gasteiger partial charge in [-0.2, -0.15) is 0 Å². The lowest BCUT2D eigenvalue weighted by atomic mass is 10.2. The number of nitrogens with zero attached hydrogens (tertiary/aromatic N) is 1. The molecule has 92 valence electrons. The highest BCUT2D eigenvalue weighted by Gasteiger charge is 2.06. The Morgan fingerprint density at radius 1 is 1.00 bits per heavy atom. The zero-order chi connectivity index (χ0) is 13.0. The summed E-state index contributed by atoms with van der Waals surface area (Å²) in [6, 6.07) is 13.7. The number of halogens is 1. The molecule has 0 aliphatic heterocycles. The maximum absolute atomic E-state index is 12.9. The lowest BCUT2D eigenvalue weighted by molar-refractivity contribution is 0.112. The molecule has 0 spiro atoms. The lowest BCUT2D eigenvalue weighted by Gasteiger charge is -2.23. The summed E-state index contributed by atoms with van der Waals surface area (Å²) in [5.74, 6) is -0.244. The first kappa shape index (κ1) is 12.3. The lowest BCUT2D eigenvalue weighted by Crippen LogP contribution is -2.15. The topological polar surface area (TPSA) is 20.3 Å². The van der Waals surface area contributed by atoms with Gasteiger partial charge in [0.15, 0.2) is 0 Å². The fourth-order valence-corrected chi connectivity index (χ4v) is 1.87. The van der Waals surface area contributed by atoms with E-state index in [0.29, 0.717) is 5.56 Å². The van der Waals surface area contributed by atoms with E-state index in [0.717, 1.165) is 24.2 Å². The van der Waals surface area contributed by atoms with Crippen LogP contribution in [0.1, 0.15) is 17.3 Å². The standard InChI is InChI=1S/C15H14FNO/c1-2-17(15-9-5-13(16)6-10-15)14-7-3-12(11-18)4-8-14/h3-11H,2H2,1H3. The van der Waals surface area contributed by atoms with Crippen LogP contribution in [0.3, 0.4) is 0 Å². The molecule has 0 atom stereocenters. The third-order valence-corrected chi connectivity index (χ3v) is 2.80. The average Bonchev–Trinajstić information content (AvgIpc) is 2.42. The van der Waals surface area contributed by atoms with Gasteiger partial charge in [0, 0.05) is 23.5 Å². The molecule has 0 fully saturated rings. The highest BCUT2D eigenvalue weighted by Crippen LogP contribution is 2.25. The molecule has 0 aromatic heterocycles. The predicted octanol–water partition coefficient (Wildman–Crippen LogP) is 3.80. The van der Waals surface area contributed by atoms with Crippen molar-refractivity contribution in [2.24, 2.45) is 0 Å². The number of benzene rings is 2. The van der Waals surface area contributed by atoms with E-state index < -0.39 is 0 Å². The van der Waals surface area contributed by atoms with E-state index in [2.05, 4.69) is 0 Å². The number of hydrogen-bond donors (Lipinski definition) is 0. The van der Waals surface area contributed by atoms with Gasteiger partial charge in [0.2, 0.25) is 0 Å². The second kappa shape index (κ2) is 5.45. The molecule has 0 bridgehead atoms. The molecule has 2 aromatic carbocycles. The SMILES string of the molecule is CCN(c1ccc(F)cc1)c1ccc(C=O)cc1. The van der Waals surface area contributed by atoms with Gasteiger partial charge in [0.25, 0.3) is 0 Å². The Bertz CT molecular complexity index is 519. The van der Waals surface area contributed by atoms with Crippen molar-refractivity contribution >= 4 is 17.7 Å². The first-order chi connectivity index (χ1) is 8.74. The summed E-state index contributed by atoms with van der Waals surface area (Å²) in [5.41, 5.74) is 2.56. The highest BCUT2D eigenvalue weighted by atomic mass is 19.1. The summed E-state index contributed by atoms with van der Waals surface area (Å²) in [5, 5.41) is 0. The van der Waals surface area contributed by atoms with Gasteiger partial charge in [-0.15, -0.1) is 0 Å². The minimum atomic E-state index is -0.244. The van der Waals surface area contributed by atoms with Crippen LogP contribution in [0.25, 0.3) is 0 Å². The number of carbonyl (C=O) groups excluding carboxylic acids is 1. The monoisotopic (exact) mass is 243 g/mol. The molecule has 3 heteroatoms. The number of anilines is 2. The van der Waals surface area contributed by atoms with Crippen molar-refractivity contribution in [2.45, 2.75) is 6.92 Å². The zero-order valence-electron chi connectivity index (χ0n) is 10.1. The molecule has 0 N–H and O–H groups in total. The van der Waals surface area contributed by atoms with Crippen molar-refractivity contribution in [3.8, 4) is 0 Å². The minimum absolute atomic E-state index is 0.244. The fraction of sp³-hybridized carbons (Fsp3) is 0.133. The van der Waals surface area contributed by atoms with Crippen molar-refractivity contribution in [1.82, 2.24) is 0 Å². The van der Waals surface area contributed by atoms with Crippen molar-refractivity contribution in [3.05, 3.63) is 59.9 Å². The van der Waals surface area contributed by atoms with E-state index in [1.165, 1.54) is 12.1 Å². The first-order valence-corrected chi connectivity index (χ1v) is 5.83. The maximum atomic E-state index is 12.9. The van der Waals surface area contributed by atoms with Crippen LogP contribution >= 0.6 is 0 Å². The summed E-state index contributed by atoms with van der Waals surface area (Å²) in [7, 11) is 0. The Balaban J connectivity index is 2.32. The molecule has 0 unspecified atom stereocenters. The van der Waals surface area contributed by atoms with Crippen molar-refractivity contribution in [3.63, 3.8) is 0 Å². The van der Waals surface area contributed by atoms with Gasteiger partial charge in [-0.25, -0.2) is 4.39 Å². The molecule has 2 nitrogen and oxygen atoms in total.